The lowest BCUT2D eigenvalue weighted by Crippen LogP contribution is -2.18. The van der Waals surface area contributed by atoms with Gasteiger partial charge in [0.2, 0.25) is 0 Å². The van der Waals surface area contributed by atoms with Gasteiger partial charge in [-0.1, -0.05) is 0 Å². The highest BCUT2D eigenvalue weighted by atomic mass is 32.2. The van der Waals surface area contributed by atoms with Gasteiger partial charge in [0.1, 0.15) is 5.82 Å². The molecule has 0 aromatic heterocycles. The highest BCUT2D eigenvalue weighted by molar-refractivity contribution is 8.00. The van der Waals surface area contributed by atoms with E-state index in [4.69, 9.17) is 16.2 Å². The van der Waals surface area contributed by atoms with Gasteiger partial charge in [0.25, 0.3) is 5.91 Å². The highest BCUT2D eigenvalue weighted by Gasteiger charge is 2.19. The molecule has 98 valence electrons. The van der Waals surface area contributed by atoms with Gasteiger partial charge >= 0.3 is 0 Å². The van der Waals surface area contributed by atoms with Crippen LogP contribution in [-0.2, 0) is 4.74 Å². The quantitative estimate of drug-likeness (QED) is 0.821. The number of hydrogen-bond donors (Lipinski definition) is 2. The number of rotatable bonds is 3. The van der Waals surface area contributed by atoms with E-state index in [2.05, 4.69) is 0 Å². The van der Waals surface area contributed by atoms with E-state index in [9.17, 15) is 9.18 Å². The van der Waals surface area contributed by atoms with Crippen LogP contribution in [0.15, 0.2) is 17.0 Å². The fourth-order valence-corrected chi connectivity index (χ4v) is 2.99. The van der Waals surface area contributed by atoms with E-state index in [1.807, 2.05) is 0 Å². The van der Waals surface area contributed by atoms with E-state index >= 15 is 0 Å². The summed E-state index contributed by atoms with van der Waals surface area (Å²) in [4.78, 5) is 11.6. The molecule has 1 saturated heterocycles. The van der Waals surface area contributed by atoms with Crippen LogP contribution in [0, 0.1) is 5.82 Å². The van der Waals surface area contributed by atoms with E-state index in [1.165, 1.54) is 17.8 Å². The van der Waals surface area contributed by atoms with Crippen LogP contribution >= 0.6 is 11.8 Å². The van der Waals surface area contributed by atoms with Crippen LogP contribution in [0.4, 0.5) is 10.1 Å². The molecule has 0 bridgehead atoms. The van der Waals surface area contributed by atoms with Crippen molar-refractivity contribution < 1.29 is 13.9 Å². The fraction of sp³-hybridized carbons (Fsp3) is 0.417. The maximum absolute atomic E-state index is 13.8. The van der Waals surface area contributed by atoms with Gasteiger partial charge in [-0.15, -0.1) is 11.8 Å². The van der Waals surface area contributed by atoms with Crippen molar-refractivity contribution in [2.24, 2.45) is 5.73 Å². The Morgan fingerprint density at radius 1 is 1.39 bits per heavy atom. The van der Waals surface area contributed by atoms with Gasteiger partial charge < -0.3 is 16.2 Å². The number of benzene rings is 1. The Balaban J connectivity index is 2.21. The number of hydrogen-bond acceptors (Lipinski definition) is 4. The molecule has 1 aromatic carbocycles. The normalized spacial score (nSPS) is 16.7. The van der Waals surface area contributed by atoms with Crippen LogP contribution in [0.1, 0.15) is 23.2 Å². The largest absolute Gasteiger partial charge is 0.398 e. The molecule has 1 amide bonds. The lowest BCUT2D eigenvalue weighted by atomic mass is 10.1. The lowest BCUT2D eigenvalue weighted by Gasteiger charge is -2.21. The summed E-state index contributed by atoms with van der Waals surface area (Å²) in [5.74, 6) is -1.05. The first-order valence-corrected chi connectivity index (χ1v) is 6.59. The summed E-state index contributed by atoms with van der Waals surface area (Å²) >= 11 is 1.41. The first-order valence-electron chi connectivity index (χ1n) is 5.71. The first kappa shape index (κ1) is 13.2. The molecule has 0 radical (unpaired) electrons. The molecule has 1 fully saturated rings. The Bertz CT molecular complexity index is 462. The SMILES string of the molecule is NC(=O)c1cc(SC2CCOCC2)c(F)cc1N. The van der Waals surface area contributed by atoms with Gasteiger partial charge in [-0.3, -0.25) is 4.79 Å². The van der Waals surface area contributed by atoms with Gasteiger partial charge in [0.05, 0.1) is 5.56 Å². The van der Waals surface area contributed by atoms with Crippen LogP contribution < -0.4 is 11.5 Å². The molecule has 0 saturated carbocycles. The molecule has 6 heteroatoms. The second kappa shape index (κ2) is 5.58. The number of nitrogens with two attached hydrogens (primary N) is 2. The minimum atomic E-state index is -0.638. The Kier molecular flexibility index (Phi) is 4.08. The number of amides is 1. The number of anilines is 1. The van der Waals surface area contributed by atoms with Crippen LogP contribution in [0.25, 0.3) is 0 Å². The number of carbonyl (C=O) groups excluding carboxylic acids is 1. The van der Waals surface area contributed by atoms with Gasteiger partial charge in [-0.25, -0.2) is 4.39 Å². The highest BCUT2D eigenvalue weighted by Crippen LogP contribution is 2.33. The van der Waals surface area contributed by atoms with E-state index < -0.39 is 11.7 Å². The summed E-state index contributed by atoms with van der Waals surface area (Å²) in [6.45, 7) is 1.38. The summed E-state index contributed by atoms with van der Waals surface area (Å²) in [7, 11) is 0. The molecular weight excluding hydrogens is 255 g/mol. The third-order valence-electron chi connectivity index (χ3n) is 2.83. The first-order chi connectivity index (χ1) is 8.58. The van der Waals surface area contributed by atoms with Crippen molar-refractivity contribution >= 4 is 23.4 Å². The smallest absolute Gasteiger partial charge is 0.250 e. The third kappa shape index (κ3) is 2.94. The molecule has 0 atom stereocenters. The van der Waals surface area contributed by atoms with Crippen LogP contribution in [0.5, 0.6) is 0 Å². The Labute approximate surface area is 109 Å². The predicted molar refractivity (Wildman–Crippen MR) is 69.0 cm³/mol. The summed E-state index contributed by atoms with van der Waals surface area (Å²) < 4.78 is 19.0. The number of nitrogen functional groups attached to an aromatic ring is 1. The van der Waals surface area contributed by atoms with Crippen molar-refractivity contribution in [3.8, 4) is 0 Å². The van der Waals surface area contributed by atoms with Crippen molar-refractivity contribution in [1.29, 1.82) is 0 Å². The molecule has 0 spiro atoms. The maximum Gasteiger partial charge on any atom is 0.250 e. The fourth-order valence-electron chi connectivity index (χ4n) is 1.85. The average molecular weight is 270 g/mol. The van der Waals surface area contributed by atoms with Crippen LogP contribution in [0.3, 0.4) is 0 Å². The molecule has 0 aliphatic carbocycles. The molecule has 1 heterocycles. The van der Waals surface area contributed by atoms with E-state index in [0.29, 0.717) is 23.4 Å². The van der Waals surface area contributed by atoms with E-state index in [0.717, 1.165) is 18.9 Å². The zero-order valence-electron chi connectivity index (χ0n) is 9.82. The van der Waals surface area contributed by atoms with Crippen molar-refractivity contribution in [1.82, 2.24) is 0 Å². The standard InChI is InChI=1S/C12H15FN2O2S/c13-9-6-10(14)8(12(15)16)5-11(9)18-7-1-3-17-4-2-7/h5-7H,1-4,14H2,(H2,15,16). The topological polar surface area (TPSA) is 78.3 Å². The van der Waals surface area contributed by atoms with Crippen molar-refractivity contribution in [3.63, 3.8) is 0 Å². The predicted octanol–water partition coefficient (Wildman–Crippen LogP) is 1.78. The summed E-state index contributed by atoms with van der Waals surface area (Å²) in [6.07, 6.45) is 1.75. The molecular formula is C12H15FN2O2S. The Morgan fingerprint density at radius 3 is 2.67 bits per heavy atom. The number of halogens is 1. The van der Waals surface area contributed by atoms with Gasteiger partial charge in [0, 0.05) is 29.0 Å². The molecule has 1 aliphatic rings. The molecule has 4 nitrogen and oxygen atoms in total. The molecule has 18 heavy (non-hydrogen) atoms. The number of ether oxygens (including phenoxy) is 1. The zero-order valence-corrected chi connectivity index (χ0v) is 10.6. The second-order valence-electron chi connectivity index (χ2n) is 4.16. The summed E-state index contributed by atoms with van der Waals surface area (Å²) in [5.41, 5.74) is 11.0. The maximum atomic E-state index is 13.8. The van der Waals surface area contributed by atoms with Crippen molar-refractivity contribution in [2.75, 3.05) is 18.9 Å². The van der Waals surface area contributed by atoms with E-state index in [1.54, 1.807) is 0 Å². The molecule has 4 N–H and O–H groups in total. The average Bonchev–Trinajstić information content (AvgIpc) is 2.33. The number of thioether (sulfide) groups is 1. The number of carbonyl (C=O) groups is 1. The van der Waals surface area contributed by atoms with Gasteiger partial charge in [0.15, 0.2) is 0 Å². The minimum Gasteiger partial charge on any atom is -0.398 e. The van der Waals surface area contributed by atoms with Gasteiger partial charge in [-0.05, 0) is 25.0 Å². The number of primary amides is 1. The van der Waals surface area contributed by atoms with Crippen LogP contribution in [-0.4, -0.2) is 24.4 Å². The zero-order chi connectivity index (χ0) is 13.1. The molecule has 0 unspecified atom stereocenters. The summed E-state index contributed by atoms with van der Waals surface area (Å²) in [5, 5.41) is 0.303. The van der Waals surface area contributed by atoms with Crippen molar-refractivity contribution in [2.45, 2.75) is 23.0 Å². The van der Waals surface area contributed by atoms with E-state index in [-0.39, 0.29) is 11.3 Å². The van der Waals surface area contributed by atoms with Crippen LogP contribution in [0.2, 0.25) is 0 Å². The van der Waals surface area contributed by atoms with Gasteiger partial charge in [-0.2, -0.15) is 0 Å². The summed E-state index contributed by atoms with van der Waals surface area (Å²) in [6, 6.07) is 2.59. The Hall–Kier alpha value is -1.27. The molecule has 1 aromatic rings. The third-order valence-corrected chi connectivity index (χ3v) is 4.20. The lowest BCUT2D eigenvalue weighted by molar-refractivity contribution is 0.0996. The van der Waals surface area contributed by atoms with Crippen molar-refractivity contribution in [3.05, 3.63) is 23.5 Å². The molecule has 2 rings (SSSR count). The minimum absolute atomic E-state index is 0.0799. The monoisotopic (exact) mass is 270 g/mol. The molecule has 1 aliphatic heterocycles. The second-order valence-corrected chi connectivity index (χ2v) is 5.51. The Morgan fingerprint density at radius 2 is 2.06 bits per heavy atom.